The van der Waals surface area contributed by atoms with Crippen molar-refractivity contribution < 1.29 is 18.0 Å². The normalized spacial score (nSPS) is 17.0. The summed E-state index contributed by atoms with van der Waals surface area (Å²) in [6.45, 7) is 2.31. The second-order valence-corrected chi connectivity index (χ2v) is 8.21. The lowest BCUT2D eigenvalue weighted by molar-refractivity contribution is -0.145. The highest BCUT2D eigenvalue weighted by molar-refractivity contribution is 8.00. The van der Waals surface area contributed by atoms with Crippen LogP contribution in [0.3, 0.4) is 0 Å². The molecule has 1 fully saturated rings. The Balaban J connectivity index is 1.73. The number of hydrogen-bond acceptors (Lipinski definition) is 4. The molecule has 1 saturated carbocycles. The summed E-state index contributed by atoms with van der Waals surface area (Å²) in [6.07, 6.45) is 1.24. The van der Waals surface area contributed by atoms with Crippen LogP contribution < -0.4 is 5.32 Å². The molecule has 0 bridgehead atoms. The van der Waals surface area contributed by atoms with Crippen molar-refractivity contribution in [2.75, 3.05) is 6.54 Å². The minimum absolute atomic E-state index is 0.174. The molecule has 1 heterocycles. The lowest BCUT2D eigenvalue weighted by atomic mass is 9.89. The Morgan fingerprint density at radius 1 is 1.22 bits per heavy atom. The van der Waals surface area contributed by atoms with Gasteiger partial charge in [-0.05, 0) is 31.7 Å². The highest BCUT2D eigenvalue weighted by Crippen LogP contribution is 2.33. The number of carbonyl (C=O) groups is 1. The van der Waals surface area contributed by atoms with Crippen molar-refractivity contribution in [2.24, 2.45) is 5.92 Å². The monoisotopic (exact) mass is 397 g/mol. The van der Waals surface area contributed by atoms with Crippen molar-refractivity contribution >= 4 is 28.6 Å². The zero-order chi connectivity index (χ0) is 19.4. The molecule has 2 aromatic rings. The number of aromatic nitrogens is 2. The van der Waals surface area contributed by atoms with Gasteiger partial charge in [0.2, 0.25) is 11.7 Å². The van der Waals surface area contributed by atoms with Gasteiger partial charge in [0.25, 0.3) is 0 Å². The number of para-hydroxylation sites is 1. The summed E-state index contributed by atoms with van der Waals surface area (Å²) >= 11 is 1.03. The Morgan fingerprint density at radius 2 is 1.93 bits per heavy atom. The number of rotatable bonds is 5. The third-order valence-corrected chi connectivity index (χ3v) is 5.87. The molecule has 3 rings (SSSR count). The first-order valence-electron chi connectivity index (χ1n) is 9.13. The van der Waals surface area contributed by atoms with Crippen LogP contribution in [-0.4, -0.2) is 27.7 Å². The molecule has 0 unspecified atom stereocenters. The van der Waals surface area contributed by atoms with E-state index < -0.39 is 17.3 Å². The molecule has 146 valence electrons. The van der Waals surface area contributed by atoms with E-state index in [-0.39, 0.29) is 16.4 Å². The fraction of sp³-hybridized carbons (Fsp3) is 0.526. The van der Waals surface area contributed by atoms with Gasteiger partial charge in [-0.2, -0.15) is 13.2 Å². The van der Waals surface area contributed by atoms with Gasteiger partial charge in [-0.15, -0.1) is 0 Å². The third-order valence-electron chi connectivity index (χ3n) is 4.77. The van der Waals surface area contributed by atoms with Crippen molar-refractivity contribution in [1.82, 2.24) is 15.3 Å². The number of halogens is 3. The summed E-state index contributed by atoms with van der Waals surface area (Å²) in [5, 5.41) is 3.08. The minimum Gasteiger partial charge on any atom is -0.355 e. The van der Waals surface area contributed by atoms with Crippen LogP contribution in [0.25, 0.3) is 10.9 Å². The van der Waals surface area contributed by atoms with Crippen LogP contribution in [0.15, 0.2) is 29.3 Å². The second kappa shape index (κ2) is 8.46. The van der Waals surface area contributed by atoms with E-state index in [0.29, 0.717) is 17.8 Å². The van der Waals surface area contributed by atoms with Crippen LogP contribution in [0.2, 0.25) is 0 Å². The van der Waals surface area contributed by atoms with Crippen LogP contribution >= 0.6 is 11.8 Å². The largest absolute Gasteiger partial charge is 0.451 e. The van der Waals surface area contributed by atoms with Crippen LogP contribution in [0.4, 0.5) is 13.2 Å². The minimum atomic E-state index is -4.63. The fourth-order valence-electron chi connectivity index (χ4n) is 3.26. The smallest absolute Gasteiger partial charge is 0.355 e. The Hall–Kier alpha value is -1.83. The average molecular weight is 397 g/mol. The van der Waals surface area contributed by atoms with E-state index in [0.717, 1.165) is 24.6 Å². The van der Waals surface area contributed by atoms with Crippen molar-refractivity contribution in [3.8, 4) is 0 Å². The molecule has 1 N–H and O–H groups in total. The molecule has 27 heavy (non-hydrogen) atoms. The molecule has 1 aliphatic rings. The molecule has 0 radical (unpaired) electrons. The molecule has 1 aliphatic carbocycles. The summed E-state index contributed by atoms with van der Waals surface area (Å²) in [6, 6.07) is 6.54. The van der Waals surface area contributed by atoms with E-state index in [9.17, 15) is 18.0 Å². The van der Waals surface area contributed by atoms with Gasteiger partial charge >= 0.3 is 6.18 Å². The van der Waals surface area contributed by atoms with Crippen molar-refractivity contribution in [3.05, 3.63) is 30.1 Å². The Labute approximate surface area is 160 Å². The fourth-order valence-corrected chi connectivity index (χ4v) is 4.23. The SMILES string of the molecule is C[C@@H](Sc1nc(C(F)(F)F)nc2ccccc12)C(=O)NCC1CCCCC1. The summed E-state index contributed by atoms with van der Waals surface area (Å²) in [7, 11) is 0. The maximum absolute atomic E-state index is 13.1. The third kappa shape index (κ3) is 5.12. The van der Waals surface area contributed by atoms with Gasteiger partial charge in [-0.3, -0.25) is 4.79 Å². The number of fused-ring (bicyclic) bond motifs is 1. The van der Waals surface area contributed by atoms with E-state index in [1.807, 2.05) is 0 Å². The van der Waals surface area contributed by atoms with Crippen molar-refractivity contribution in [3.63, 3.8) is 0 Å². The van der Waals surface area contributed by atoms with Gasteiger partial charge in [-0.1, -0.05) is 49.2 Å². The van der Waals surface area contributed by atoms with Gasteiger partial charge in [0, 0.05) is 11.9 Å². The number of amides is 1. The number of benzene rings is 1. The molecule has 0 aliphatic heterocycles. The Morgan fingerprint density at radius 3 is 2.63 bits per heavy atom. The molecular formula is C19H22F3N3OS. The van der Waals surface area contributed by atoms with Gasteiger partial charge in [0.05, 0.1) is 10.8 Å². The molecule has 1 aromatic carbocycles. The quantitative estimate of drug-likeness (QED) is 0.580. The van der Waals surface area contributed by atoms with E-state index in [1.54, 1.807) is 25.1 Å². The van der Waals surface area contributed by atoms with Gasteiger partial charge in [0.1, 0.15) is 5.03 Å². The maximum Gasteiger partial charge on any atom is 0.451 e. The first kappa shape index (κ1) is 19.9. The lowest BCUT2D eigenvalue weighted by Crippen LogP contribution is -2.35. The van der Waals surface area contributed by atoms with Crippen LogP contribution in [0.1, 0.15) is 44.9 Å². The highest BCUT2D eigenvalue weighted by Gasteiger charge is 2.36. The molecule has 1 aromatic heterocycles. The van der Waals surface area contributed by atoms with E-state index >= 15 is 0 Å². The van der Waals surface area contributed by atoms with Crippen molar-refractivity contribution in [1.29, 1.82) is 0 Å². The number of alkyl halides is 3. The first-order valence-corrected chi connectivity index (χ1v) is 10.0. The lowest BCUT2D eigenvalue weighted by Gasteiger charge is -2.22. The number of hydrogen-bond donors (Lipinski definition) is 1. The maximum atomic E-state index is 13.1. The standard InChI is InChI=1S/C19H22F3N3OS/c1-12(16(26)23-11-13-7-3-2-4-8-13)27-17-14-9-5-6-10-15(14)24-18(25-17)19(20,21)22/h5-6,9-10,12-13H,2-4,7-8,11H2,1H3,(H,23,26)/t12-/m1/s1. The van der Waals surface area contributed by atoms with Gasteiger partial charge in [0.15, 0.2) is 0 Å². The van der Waals surface area contributed by atoms with Gasteiger partial charge < -0.3 is 5.32 Å². The molecule has 8 heteroatoms. The Kier molecular flexibility index (Phi) is 6.24. The van der Waals surface area contributed by atoms with E-state index in [2.05, 4.69) is 15.3 Å². The second-order valence-electron chi connectivity index (χ2n) is 6.88. The average Bonchev–Trinajstić information content (AvgIpc) is 2.66. The predicted octanol–water partition coefficient (Wildman–Crippen LogP) is 4.83. The zero-order valence-corrected chi connectivity index (χ0v) is 15.9. The van der Waals surface area contributed by atoms with E-state index in [1.165, 1.54) is 25.3 Å². The summed E-state index contributed by atoms with van der Waals surface area (Å²) in [5.74, 6) is -0.864. The summed E-state index contributed by atoms with van der Waals surface area (Å²) in [5.41, 5.74) is 0.220. The molecular weight excluding hydrogens is 375 g/mol. The van der Waals surface area contributed by atoms with Gasteiger partial charge in [-0.25, -0.2) is 9.97 Å². The molecule has 4 nitrogen and oxygen atoms in total. The topological polar surface area (TPSA) is 54.9 Å². The number of carbonyl (C=O) groups excluding carboxylic acids is 1. The van der Waals surface area contributed by atoms with Crippen LogP contribution in [-0.2, 0) is 11.0 Å². The predicted molar refractivity (Wildman–Crippen MR) is 99.4 cm³/mol. The highest BCUT2D eigenvalue weighted by atomic mass is 32.2. The molecule has 0 saturated heterocycles. The zero-order valence-electron chi connectivity index (χ0n) is 15.1. The number of thioether (sulfide) groups is 1. The molecule has 1 amide bonds. The number of nitrogens with one attached hydrogen (secondary N) is 1. The molecule has 1 atom stereocenters. The Bertz CT molecular complexity index is 806. The molecule has 0 spiro atoms. The summed E-state index contributed by atoms with van der Waals surface area (Å²) < 4.78 is 39.3. The van der Waals surface area contributed by atoms with Crippen LogP contribution in [0, 0.1) is 5.92 Å². The number of nitrogens with zero attached hydrogens (tertiary/aromatic N) is 2. The first-order chi connectivity index (χ1) is 12.8. The van der Waals surface area contributed by atoms with Crippen molar-refractivity contribution in [2.45, 2.75) is 55.5 Å². The van der Waals surface area contributed by atoms with E-state index in [4.69, 9.17) is 0 Å². The van der Waals surface area contributed by atoms with Crippen LogP contribution in [0.5, 0.6) is 0 Å². The summed E-state index contributed by atoms with van der Waals surface area (Å²) in [4.78, 5) is 19.7.